The molecule has 1 saturated heterocycles. The van der Waals surface area contributed by atoms with Crippen LogP contribution in [-0.2, 0) is 23.9 Å². The van der Waals surface area contributed by atoms with Crippen molar-refractivity contribution in [3.63, 3.8) is 0 Å². The third kappa shape index (κ3) is 6.22. The molecule has 1 atom stereocenters. The average molecular weight is 457 g/mol. The molecule has 2 aliphatic rings. The minimum Gasteiger partial charge on any atom is -0.484 e. The zero-order valence-electron chi connectivity index (χ0n) is 19.7. The molecule has 0 aliphatic carbocycles. The van der Waals surface area contributed by atoms with Crippen molar-refractivity contribution in [1.82, 2.24) is 10.2 Å². The largest absolute Gasteiger partial charge is 0.484 e. The molecule has 1 fully saturated rings. The molecular formula is C25H32N2O6. The van der Waals surface area contributed by atoms with Crippen molar-refractivity contribution < 1.29 is 28.6 Å². The number of ether oxygens (including phenoxy) is 3. The van der Waals surface area contributed by atoms with Crippen LogP contribution in [0.2, 0.25) is 0 Å². The highest BCUT2D eigenvalue weighted by atomic mass is 16.5. The van der Waals surface area contributed by atoms with Crippen molar-refractivity contribution in [2.45, 2.75) is 39.7 Å². The molecule has 1 N–H and O–H groups in total. The number of nitrogens with one attached hydrogen (secondary N) is 1. The van der Waals surface area contributed by atoms with Crippen molar-refractivity contribution in [2.24, 2.45) is 5.92 Å². The van der Waals surface area contributed by atoms with Gasteiger partial charge in [-0.15, -0.1) is 0 Å². The van der Waals surface area contributed by atoms with Crippen LogP contribution in [0.4, 0.5) is 0 Å². The molecule has 3 rings (SSSR count). The summed E-state index contributed by atoms with van der Waals surface area (Å²) in [6.07, 6.45) is 3.75. The Hall–Kier alpha value is -3.13. The fraction of sp³-hybridized carbons (Fsp3) is 0.480. The quantitative estimate of drug-likeness (QED) is 0.454. The molecular weight excluding hydrogens is 424 g/mol. The van der Waals surface area contributed by atoms with E-state index in [1.165, 1.54) is 7.11 Å². The van der Waals surface area contributed by atoms with E-state index in [-0.39, 0.29) is 36.0 Å². The lowest BCUT2D eigenvalue weighted by molar-refractivity contribution is -0.136. The van der Waals surface area contributed by atoms with E-state index in [4.69, 9.17) is 14.2 Å². The first kappa shape index (κ1) is 24.5. The third-order valence-corrected chi connectivity index (χ3v) is 5.56. The number of esters is 1. The number of allylic oxidation sites excluding steroid dienone is 1. The van der Waals surface area contributed by atoms with Gasteiger partial charge in [-0.1, -0.05) is 26.0 Å². The summed E-state index contributed by atoms with van der Waals surface area (Å²) >= 11 is 0. The summed E-state index contributed by atoms with van der Waals surface area (Å²) in [5, 5.41) is 2.81. The molecule has 1 aromatic carbocycles. The number of carbonyl (C=O) groups excluding carboxylic acids is 3. The van der Waals surface area contributed by atoms with Crippen LogP contribution >= 0.6 is 0 Å². The molecule has 0 spiro atoms. The molecule has 2 heterocycles. The van der Waals surface area contributed by atoms with Crippen molar-refractivity contribution in [3.8, 4) is 5.75 Å². The number of amides is 2. The summed E-state index contributed by atoms with van der Waals surface area (Å²) in [7, 11) is 1.30. The zero-order chi connectivity index (χ0) is 24.0. The summed E-state index contributed by atoms with van der Waals surface area (Å²) in [5.41, 5.74) is 1.92. The van der Waals surface area contributed by atoms with Crippen LogP contribution in [0.1, 0.15) is 39.2 Å². The van der Waals surface area contributed by atoms with Crippen molar-refractivity contribution >= 4 is 23.9 Å². The first-order valence-electron chi connectivity index (χ1n) is 11.2. The Morgan fingerprint density at radius 3 is 2.61 bits per heavy atom. The molecule has 1 unspecified atom stereocenters. The predicted octanol–water partition coefficient (Wildman–Crippen LogP) is 2.69. The Morgan fingerprint density at radius 1 is 1.27 bits per heavy atom. The van der Waals surface area contributed by atoms with Gasteiger partial charge >= 0.3 is 5.97 Å². The molecule has 178 valence electrons. The normalized spacial score (nSPS) is 19.5. The van der Waals surface area contributed by atoms with Gasteiger partial charge in [0.2, 0.25) is 0 Å². The molecule has 0 saturated carbocycles. The van der Waals surface area contributed by atoms with E-state index in [1.807, 2.05) is 13.8 Å². The lowest BCUT2D eigenvalue weighted by Crippen LogP contribution is -2.35. The lowest BCUT2D eigenvalue weighted by Gasteiger charge is -2.19. The number of nitrogens with zero attached hydrogens (tertiary/aromatic N) is 1. The Labute approximate surface area is 194 Å². The van der Waals surface area contributed by atoms with Gasteiger partial charge in [-0.3, -0.25) is 9.59 Å². The minimum atomic E-state index is -0.535. The van der Waals surface area contributed by atoms with Gasteiger partial charge in [-0.25, -0.2) is 4.79 Å². The van der Waals surface area contributed by atoms with Crippen LogP contribution in [0.15, 0.2) is 41.1 Å². The van der Waals surface area contributed by atoms with Crippen molar-refractivity contribution in [3.05, 3.63) is 46.7 Å². The molecule has 0 bridgehead atoms. The monoisotopic (exact) mass is 456 g/mol. The molecule has 33 heavy (non-hydrogen) atoms. The van der Waals surface area contributed by atoms with E-state index >= 15 is 0 Å². The number of methoxy groups -OCH3 is 1. The zero-order valence-corrected chi connectivity index (χ0v) is 19.7. The maximum Gasteiger partial charge on any atom is 0.340 e. The Bertz CT molecular complexity index is 942. The van der Waals surface area contributed by atoms with E-state index in [2.05, 4.69) is 5.32 Å². The molecule has 0 aromatic heterocycles. The fourth-order valence-corrected chi connectivity index (χ4v) is 3.87. The molecule has 2 aliphatic heterocycles. The predicted molar refractivity (Wildman–Crippen MR) is 123 cm³/mol. The van der Waals surface area contributed by atoms with Crippen molar-refractivity contribution in [2.75, 3.05) is 33.4 Å². The second kappa shape index (κ2) is 11.1. The number of benzene rings is 1. The molecule has 0 radical (unpaired) electrons. The number of hydrogen-bond donors (Lipinski definition) is 1. The highest BCUT2D eigenvalue weighted by molar-refractivity contribution is 6.16. The Morgan fingerprint density at radius 2 is 2.00 bits per heavy atom. The molecule has 1 aromatic rings. The Kier molecular flexibility index (Phi) is 8.27. The van der Waals surface area contributed by atoms with Gasteiger partial charge in [-0.2, -0.15) is 0 Å². The molecule has 8 nitrogen and oxygen atoms in total. The van der Waals surface area contributed by atoms with Gasteiger partial charge in [0.1, 0.15) is 5.75 Å². The SMILES string of the molecule is COC(=O)C1=C(C)N(CC(C)C)C(=O)/C1=C\c1ccc(OCC(=O)NCC2CCCO2)cc1. The summed E-state index contributed by atoms with van der Waals surface area (Å²) < 4.78 is 16.0. The maximum absolute atomic E-state index is 13.0. The van der Waals surface area contributed by atoms with Crippen LogP contribution in [0.5, 0.6) is 5.75 Å². The van der Waals surface area contributed by atoms with E-state index < -0.39 is 5.97 Å². The van der Waals surface area contributed by atoms with Crippen LogP contribution in [-0.4, -0.2) is 62.2 Å². The highest BCUT2D eigenvalue weighted by Crippen LogP contribution is 2.32. The van der Waals surface area contributed by atoms with E-state index in [9.17, 15) is 14.4 Å². The van der Waals surface area contributed by atoms with Gasteiger partial charge < -0.3 is 24.4 Å². The van der Waals surface area contributed by atoms with E-state index in [0.717, 1.165) is 25.0 Å². The summed E-state index contributed by atoms with van der Waals surface area (Å²) in [4.78, 5) is 39.0. The number of rotatable bonds is 9. The summed E-state index contributed by atoms with van der Waals surface area (Å²) in [6.45, 7) is 7.45. The summed E-state index contributed by atoms with van der Waals surface area (Å²) in [6, 6.07) is 6.99. The standard InChI is InChI=1S/C25H32N2O6/c1-16(2)14-27-17(3)23(25(30)31-4)21(24(27)29)12-18-7-9-19(10-8-18)33-15-22(28)26-13-20-6-5-11-32-20/h7-10,12,16,20H,5-6,11,13-15H2,1-4H3,(H,26,28)/b21-12-. The fourth-order valence-electron chi connectivity index (χ4n) is 3.87. The second-order valence-corrected chi connectivity index (χ2v) is 8.62. The van der Waals surface area contributed by atoms with Crippen molar-refractivity contribution in [1.29, 1.82) is 0 Å². The van der Waals surface area contributed by atoms with E-state index in [1.54, 1.807) is 42.2 Å². The topological polar surface area (TPSA) is 94.2 Å². The first-order valence-corrected chi connectivity index (χ1v) is 11.2. The van der Waals surface area contributed by atoms with Crippen LogP contribution < -0.4 is 10.1 Å². The number of hydrogen-bond acceptors (Lipinski definition) is 6. The van der Waals surface area contributed by atoms with Gasteiger partial charge in [0.15, 0.2) is 6.61 Å². The number of carbonyl (C=O) groups is 3. The molecule has 2 amide bonds. The highest BCUT2D eigenvalue weighted by Gasteiger charge is 2.37. The minimum absolute atomic E-state index is 0.0867. The smallest absolute Gasteiger partial charge is 0.340 e. The van der Waals surface area contributed by atoms with Gasteiger partial charge in [0.05, 0.1) is 24.4 Å². The Balaban J connectivity index is 1.65. The van der Waals surface area contributed by atoms with Gasteiger partial charge in [-0.05, 0) is 49.5 Å². The maximum atomic E-state index is 13.0. The van der Waals surface area contributed by atoms with Gasteiger partial charge in [0, 0.05) is 25.4 Å². The average Bonchev–Trinajstić information content (AvgIpc) is 3.39. The first-order chi connectivity index (χ1) is 15.8. The third-order valence-electron chi connectivity index (χ3n) is 5.56. The van der Waals surface area contributed by atoms with Crippen LogP contribution in [0.25, 0.3) is 6.08 Å². The second-order valence-electron chi connectivity index (χ2n) is 8.62. The van der Waals surface area contributed by atoms with Gasteiger partial charge in [0.25, 0.3) is 11.8 Å². The summed E-state index contributed by atoms with van der Waals surface area (Å²) in [5.74, 6) is -0.177. The van der Waals surface area contributed by atoms with Crippen LogP contribution in [0.3, 0.4) is 0 Å². The van der Waals surface area contributed by atoms with E-state index in [0.29, 0.717) is 30.1 Å². The lowest BCUT2D eigenvalue weighted by atomic mass is 10.0. The molecule has 8 heteroatoms. The van der Waals surface area contributed by atoms with Crippen LogP contribution in [0, 0.1) is 5.92 Å².